The third kappa shape index (κ3) is 3.59. The van der Waals surface area contributed by atoms with Gasteiger partial charge in [0, 0.05) is 6.04 Å². The predicted octanol–water partition coefficient (Wildman–Crippen LogP) is 4.22. The fraction of sp³-hybridized carbons (Fsp3) is 0.588. The average Bonchev–Trinajstić information content (AvgIpc) is 2.48. The van der Waals surface area contributed by atoms with E-state index in [2.05, 4.69) is 12.2 Å². The first kappa shape index (κ1) is 15.0. The van der Waals surface area contributed by atoms with E-state index >= 15 is 0 Å². The van der Waals surface area contributed by atoms with Crippen molar-refractivity contribution in [1.82, 2.24) is 5.32 Å². The molecule has 0 saturated heterocycles. The van der Waals surface area contributed by atoms with E-state index in [1.807, 2.05) is 6.92 Å². The van der Waals surface area contributed by atoms with Crippen LogP contribution in [0.1, 0.15) is 61.4 Å². The number of aryl methyl sites for hydroxylation is 1. The second-order valence-electron chi connectivity index (χ2n) is 5.87. The minimum absolute atomic E-state index is 0.166. The molecule has 1 aliphatic carbocycles. The molecule has 1 unspecified atom stereocenters. The lowest BCUT2D eigenvalue weighted by atomic mass is 9.83. The second-order valence-corrected chi connectivity index (χ2v) is 5.87. The Morgan fingerprint density at radius 3 is 2.70 bits per heavy atom. The van der Waals surface area contributed by atoms with E-state index in [1.165, 1.54) is 38.2 Å². The van der Waals surface area contributed by atoms with Crippen molar-refractivity contribution in [2.75, 3.05) is 0 Å². The highest BCUT2D eigenvalue weighted by molar-refractivity contribution is 5.94. The number of halogens is 1. The summed E-state index contributed by atoms with van der Waals surface area (Å²) < 4.78 is 13.8. The third-order valence-corrected chi connectivity index (χ3v) is 4.34. The first-order valence-electron chi connectivity index (χ1n) is 7.69. The number of nitrogens with one attached hydrogen (secondary N) is 1. The van der Waals surface area contributed by atoms with Crippen LogP contribution < -0.4 is 5.32 Å². The van der Waals surface area contributed by atoms with E-state index in [9.17, 15) is 9.18 Å². The van der Waals surface area contributed by atoms with Crippen LogP contribution in [0, 0.1) is 18.7 Å². The number of carbonyl (C=O) groups is 1. The topological polar surface area (TPSA) is 29.1 Å². The Balaban J connectivity index is 2.06. The Kier molecular flexibility index (Phi) is 5.16. The zero-order valence-corrected chi connectivity index (χ0v) is 12.4. The van der Waals surface area contributed by atoms with Crippen LogP contribution in [0.15, 0.2) is 18.2 Å². The van der Waals surface area contributed by atoms with Gasteiger partial charge in [-0.3, -0.25) is 4.79 Å². The van der Waals surface area contributed by atoms with Crippen molar-refractivity contribution in [2.24, 2.45) is 5.92 Å². The Morgan fingerprint density at radius 1 is 1.35 bits per heavy atom. The van der Waals surface area contributed by atoms with E-state index in [0.29, 0.717) is 5.92 Å². The molecule has 110 valence electrons. The molecule has 3 heteroatoms. The summed E-state index contributed by atoms with van der Waals surface area (Å²) in [6.45, 7) is 3.96. The van der Waals surface area contributed by atoms with Gasteiger partial charge in [-0.25, -0.2) is 4.39 Å². The smallest absolute Gasteiger partial charge is 0.254 e. The molecule has 20 heavy (non-hydrogen) atoms. The molecule has 0 radical (unpaired) electrons. The van der Waals surface area contributed by atoms with Crippen LogP contribution in [-0.2, 0) is 0 Å². The van der Waals surface area contributed by atoms with Crippen LogP contribution in [-0.4, -0.2) is 11.9 Å². The van der Waals surface area contributed by atoms with Gasteiger partial charge in [-0.1, -0.05) is 37.8 Å². The summed E-state index contributed by atoms with van der Waals surface area (Å²) in [5.74, 6) is -0.166. The normalized spacial score (nSPS) is 17.8. The first-order chi connectivity index (χ1) is 9.61. The van der Waals surface area contributed by atoms with Crippen LogP contribution >= 0.6 is 0 Å². The van der Waals surface area contributed by atoms with E-state index < -0.39 is 5.82 Å². The number of carbonyl (C=O) groups excluding carboxylic acids is 1. The van der Waals surface area contributed by atoms with Gasteiger partial charge in [0.15, 0.2) is 0 Å². The van der Waals surface area contributed by atoms with Crippen LogP contribution in [0.4, 0.5) is 4.39 Å². The summed E-state index contributed by atoms with van der Waals surface area (Å²) in [6.07, 6.45) is 7.05. The van der Waals surface area contributed by atoms with Gasteiger partial charge in [-0.2, -0.15) is 0 Å². The number of amides is 1. The Labute approximate surface area is 120 Å². The fourth-order valence-corrected chi connectivity index (χ4v) is 3.15. The molecule has 1 aliphatic rings. The molecule has 1 atom stereocenters. The van der Waals surface area contributed by atoms with Crippen LogP contribution in [0.3, 0.4) is 0 Å². The molecule has 1 amide bonds. The molecule has 0 aromatic heterocycles. The van der Waals surface area contributed by atoms with Crippen LogP contribution in [0.2, 0.25) is 0 Å². The van der Waals surface area contributed by atoms with E-state index in [0.717, 1.165) is 12.0 Å². The van der Waals surface area contributed by atoms with Crippen molar-refractivity contribution >= 4 is 5.91 Å². The molecule has 0 aliphatic heterocycles. The monoisotopic (exact) mass is 277 g/mol. The highest BCUT2D eigenvalue weighted by atomic mass is 19.1. The number of hydrogen-bond donors (Lipinski definition) is 1. The Bertz CT molecular complexity index is 466. The van der Waals surface area contributed by atoms with Gasteiger partial charge in [0.2, 0.25) is 0 Å². The molecule has 0 spiro atoms. The number of rotatable bonds is 4. The second kappa shape index (κ2) is 6.87. The van der Waals surface area contributed by atoms with E-state index in [4.69, 9.17) is 0 Å². The summed E-state index contributed by atoms with van der Waals surface area (Å²) in [5, 5.41) is 3.04. The van der Waals surface area contributed by atoms with E-state index in [-0.39, 0.29) is 17.5 Å². The zero-order chi connectivity index (χ0) is 14.5. The maximum Gasteiger partial charge on any atom is 0.254 e. The summed E-state index contributed by atoms with van der Waals surface area (Å²) in [5.41, 5.74) is 1.07. The van der Waals surface area contributed by atoms with Gasteiger partial charge in [-0.15, -0.1) is 0 Å². The van der Waals surface area contributed by atoms with Gasteiger partial charge in [0.05, 0.1) is 5.56 Å². The molecular formula is C17H24FNO. The molecule has 2 nitrogen and oxygen atoms in total. The Morgan fingerprint density at radius 2 is 2.05 bits per heavy atom. The van der Waals surface area contributed by atoms with Gasteiger partial charge >= 0.3 is 0 Å². The number of benzene rings is 1. The molecule has 2 rings (SSSR count). The number of hydrogen-bond acceptors (Lipinski definition) is 1. The lowest BCUT2D eigenvalue weighted by Gasteiger charge is -2.30. The fourth-order valence-electron chi connectivity index (χ4n) is 3.15. The van der Waals surface area contributed by atoms with Crippen molar-refractivity contribution in [3.63, 3.8) is 0 Å². The highest BCUT2D eigenvalue weighted by Gasteiger charge is 2.24. The maximum absolute atomic E-state index is 13.8. The van der Waals surface area contributed by atoms with Crippen molar-refractivity contribution in [1.29, 1.82) is 0 Å². The largest absolute Gasteiger partial charge is 0.349 e. The third-order valence-electron chi connectivity index (χ3n) is 4.34. The van der Waals surface area contributed by atoms with Gasteiger partial charge in [0.25, 0.3) is 5.91 Å². The average molecular weight is 277 g/mol. The van der Waals surface area contributed by atoms with Crippen molar-refractivity contribution in [3.8, 4) is 0 Å². The molecule has 1 N–H and O–H groups in total. The van der Waals surface area contributed by atoms with Crippen molar-refractivity contribution in [3.05, 3.63) is 35.1 Å². The minimum atomic E-state index is -0.438. The quantitative estimate of drug-likeness (QED) is 0.877. The highest BCUT2D eigenvalue weighted by Crippen LogP contribution is 2.28. The predicted molar refractivity (Wildman–Crippen MR) is 79.3 cm³/mol. The van der Waals surface area contributed by atoms with Crippen molar-refractivity contribution < 1.29 is 9.18 Å². The van der Waals surface area contributed by atoms with Crippen LogP contribution in [0.5, 0.6) is 0 Å². The summed E-state index contributed by atoms with van der Waals surface area (Å²) in [6, 6.07) is 4.84. The van der Waals surface area contributed by atoms with Gasteiger partial charge in [-0.05, 0) is 44.2 Å². The molecule has 1 aromatic carbocycles. The lowest BCUT2D eigenvalue weighted by molar-refractivity contribution is 0.0907. The molecule has 1 fully saturated rings. The zero-order valence-electron chi connectivity index (χ0n) is 12.4. The molecule has 1 saturated carbocycles. The molecular weight excluding hydrogens is 253 g/mol. The first-order valence-corrected chi connectivity index (χ1v) is 7.69. The molecule has 0 heterocycles. The maximum atomic E-state index is 13.8. The Hall–Kier alpha value is -1.38. The molecule has 1 aromatic rings. The summed E-state index contributed by atoms with van der Waals surface area (Å²) >= 11 is 0. The summed E-state index contributed by atoms with van der Waals surface area (Å²) in [7, 11) is 0. The minimum Gasteiger partial charge on any atom is -0.349 e. The van der Waals surface area contributed by atoms with Gasteiger partial charge < -0.3 is 5.32 Å². The SMILES string of the molecule is CCC(NC(=O)c1cc(C)ccc1F)C1CCCCC1. The van der Waals surface area contributed by atoms with Crippen molar-refractivity contribution in [2.45, 2.75) is 58.4 Å². The molecule has 0 bridgehead atoms. The summed E-state index contributed by atoms with van der Waals surface area (Å²) in [4.78, 5) is 12.3. The van der Waals surface area contributed by atoms with Gasteiger partial charge in [0.1, 0.15) is 5.82 Å². The van der Waals surface area contributed by atoms with E-state index in [1.54, 1.807) is 12.1 Å². The lowest BCUT2D eigenvalue weighted by Crippen LogP contribution is -2.41. The standard InChI is InChI=1S/C17H24FNO/c1-3-16(13-7-5-4-6-8-13)19-17(20)14-11-12(2)9-10-15(14)18/h9-11,13,16H,3-8H2,1-2H3,(H,19,20). The van der Waals surface area contributed by atoms with Crippen LogP contribution in [0.25, 0.3) is 0 Å².